The van der Waals surface area contributed by atoms with Gasteiger partial charge in [-0.15, -0.1) is 11.3 Å². The SMILES string of the molecule is Cc1nn(C)c(C)c1NC(=O)[C@H](C)N1CCN(Cc2cccs2)CC1. The van der Waals surface area contributed by atoms with Crippen molar-refractivity contribution in [3.63, 3.8) is 0 Å². The summed E-state index contributed by atoms with van der Waals surface area (Å²) < 4.78 is 1.80. The summed E-state index contributed by atoms with van der Waals surface area (Å²) in [4.78, 5) is 18.8. The van der Waals surface area contributed by atoms with Crippen molar-refractivity contribution in [2.45, 2.75) is 33.4 Å². The Balaban J connectivity index is 1.53. The molecule has 0 unspecified atom stereocenters. The third-order valence-electron chi connectivity index (χ3n) is 5.05. The van der Waals surface area contributed by atoms with Gasteiger partial charge in [0.1, 0.15) is 0 Å². The van der Waals surface area contributed by atoms with Crippen LogP contribution in [0.4, 0.5) is 5.69 Å². The summed E-state index contributed by atoms with van der Waals surface area (Å²) in [5, 5.41) is 9.56. The van der Waals surface area contributed by atoms with E-state index in [1.165, 1.54) is 4.88 Å². The number of aryl methyl sites for hydroxylation is 2. The summed E-state index contributed by atoms with van der Waals surface area (Å²) in [6.45, 7) is 10.8. The molecule has 0 aliphatic carbocycles. The molecule has 0 spiro atoms. The minimum Gasteiger partial charge on any atom is -0.322 e. The van der Waals surface area contributed by atoms with Crippen LogP contribution in [0.1, 0.15) is 23.2 Å². The van der Waals surface area contributed by atoms with Gasteiger partial charge in [-0.05, 0) is 32.2 Å². The van der Waals surface area contributed by atoms with E-state index in [0.717, 1.165) is 49.8 Å². The molecule has 1 fully saturated rings. The van der Waals surface area contributed by atoms with Gasteiger partial charge in [-0.3, -0.25) is 19.3 Å². The van der Waals surface area contributed by atoms with E-state index in [1.807, 2.05) is 39.2 Å². The fourth-order valence-corrected chi connectivity index (χ4v) is 4.03. The molecule has 0 saturated carbocycles. The van der Waals surface area contributed by atoms with Gasteiger partial charge in [0.15, 0.2) is 0 Å². The number of hydrogen-bond donors (Lipinski definition) is 1. The first-order valence-corrected chi connectivity index (χ1v) is 9.63. The van der Waals surface area contributed by atoms with E-state index >= 15 is 0 Å². The van der Waals surface area contributed by atoms with E-state index in [4.69, 9.17) is 0 Å². The minimum atomic E-state index is -0.136. The van der Waals surface area contributed by atoms with Crippen molar-refractivity contribution in [1.82, 2.24) is 19.6 Å². The van der Waals surface area contributed by atoms with Crippen molar-refractivity contribution in [1.29, 1.82) is 0 Å². The number of carbonyl (C=O) groups excluding carboxylic acids is 1. The van der Waals surface area contributed by atoms with Crippen LogP contribution in [0.2, 0.25) is 0 Å². The number of hydrogen-bond acceptors (Lipinski definition) is 5. The Morgan fingerprint density at radius 3 is 2.60 bits per heavy atom. The Kier molecular flexibility index (Phi) is 5.56. The van der Waals surface area contributed by atoms with Crippen molar-refractivity contribution >= 4 is 22.9 Å². The van der Waals surface area contributed by atoms with Crippen LogP contribution >= 0.6 is 11.3 Å². The fourth-order valence-electron chi connectivity index (χ4n) is 3.28. The van der Waals surface area contributed by atoms with Crippen LogP contribution in [-0.2, 0) is 18.4 Å². The van der Waals surface area contributed by atoms with Gasteiger partial charge in [-0.2, -0.15) is 5.10 Å². The quantitative estimate of drug-likeness (QED) is 0.887. The molecule has 136 valence electrons. The molecule has 1 aliphatic heterocycles. The summed E-state index contributed by atoms with van der Waals surface area (Å²) in [7, 11) is 1.90. The number of nitrogens with one attached hydrogen (secondary N) is 1. The number of aromatic nitrogens is 2. The molecule has 0 bridgehead atoms. The first kappa shape index (κ1) is 18.1. The minimum absolute atomic E-state index is 0.0471. The Bertz CT molecular complexity index is 716. The number of nitrogens with zero attached hydrogens (tertiary/aromatic N) is 4. The molecule has 2 aromatic heterocycles. The number of carbonyl (C=O) groups is 1. The molecular formula is C18H27N5OS. The average molecular weight is 362 g/mol. The second-order valence-corrected chi connectivity index (χ2v) is 7.76. The number of amides is 1. The zero-order valence-corrected chi connectivity index (χ0v) is 16.3. The largest absolute Gasteiger partial charge is 0.322 e. The van der Waals surface area contributed by atoms with Crippen LogP contribution in [0.5, 0.6) is 0 Å². The average Bonchev–Trinajstić information content (AvgIpc) is 3.19. The first-order chi connectivity index (χ1) is 12.0. The second-order valence-electron chi connectivity index (χ2n) is 6.73. The molecule has 3 heterocycles. The van der Waals surface area contributed by atoms with Crippen molar-refractivity contribution in [2.75, 3.05) is 31.5 Å². The lowest BCUT2D eigenvalue weighted by Crippen LogP contribution is -2.52. The van der Waals surface area contributed by atoms with Crippen molar-refractivity contribution in [3.8, 4) is 0 Å². The highest BCUT2D eigenvalue weighted by molar-refractivity contribution is 7.09. The first-order valence-electron chi connectivity index (χ1n) is 8.75. The lowest BCUT2D eigenvalue weighted by Gasteiger charge is -2.37. The highest BCUT2D eigenvalue weighted by atomic mass is 32.1. The van der Waals surface area contributed by atoms with Gasteiger partial charge < -0.3 is 5.32 Å². The normalized spacial score (nSPS) is 17.6. The summed E-state index contributed by atoms with van der Waals surface area (Å²) in [6.07, 6.45) is 0. The molecule has 25 heavy (non-hydrogen) atoms. The molecule has 1 saturated heterocycles. The third-order valence-corrected chi connectivity index (χ3v) is 5.91. The highest BCUT2D eigenvalue weighted by Gasteiger charge is 2.26. The maximum Gasteiger partial charge on any atom is 0.241 e. The number of thiophene rings is 1. The smallest absolute Gasteiger partial charge is 0.241 e. The van der Waals surface area contributed by atoms with Gasteiger partial charge in [0.2, 0.25) is 5.91 Å². The zero-order chi connectivity index (χ0) is 18.0. The number of rotatable bonds is 5. The maximum absolute atomic E-state index is 12.7. The van der Waals surface area contributed by atoms with Crippen molar-refractivity contribution in [2.24, 2.45) is 7.05 Å². The van der Waals surface area contributed by atoms with E-state index in [2.05, 4.69) is 37.7 Å². The monoisotopic (exact) mass is 361 g/mol. The molecule has 1 amide bonds. The Morgan fingerprint density at radius 2 is 2.04 bits per heavy atom. The molecule has 7 heteroatoms. The molecule has 3 rings (SSSR count). The van der Waals surface area contributed by atoms with Crippen LogP contribution in [-0.4, -0.2) is 57.7 Å². The van der Waals surface area contributed by atoms with Gasteiger partial charge in [-0.1, -0.05) is 6.07 Å². The Labute approximate surface area is 153 Å². The summed E-state index contributed by atoms with van der Waals surface area (Å²) in [6, 6.07) is 4.15. The van der Waals surface area contributed by atoms with Crippen LogP contribution in [0.25, 0.3) is 0 Å². The standard InChI is InChI=1S/C18H27N5OS/c1-13-17(14(2)21(4)20-13)19-18(24)15(3)23-9-7-22(8-10-23)12-16-6-5-11-25-16/h5-6,11,15H,7-10,12H2,1-4H3,(H,19,24)/t15-/m0/s1. The van der Waals surface area contributed by atoms with E-state index in [0.29, 0.717) is 0 Å². The van der Waals surface area contributed by atoms with Crippen LogP contribution in [0.3, 0.4) is 0 Å². The number of anilines is 1. The molecular weight excluding hydrogens is 334 g/mol. The lowest BCUT2D eigenvalue weighted by molar-refractivity contribution is -0.121. The Hall–Kier alpha value is -1.70. The van der Waals surface area contributed by atoms with E-state index < -0.39 is 0 Å². The molecule has 2 aromatic rings. The third kappa shape index (κ3) is 4.11. The topological polar surface area (TPSA) is 53.4 Å². The van der Waals surface area contributed by atoms with Gasteiger partial charge in [0.25, 0.3) is 0 Å². The van der Waals surface area contributed by atoms with Crippen molar-refractivity contribution < 1.29 is 4.79 Å². The predicted molar refractivity (Wildman–Crippen MR) is 102 cm³/mol. The highest BCUT2D eigenvalue weighted by Crippen LogP contribution is 2.20. The molecule has 6 nitrogen and oxygen atoms in total. The summed E-state index contributed by atoms with van der Waals surface area (Å²) in [5.41, 5.74) is 2.69. The lowest BCUT2D eigenvalue weighted by atomic mass is 10.2. The predicted octanol–water partition coefficient (Wildman–Crippen LogP) is 2.24. The van der Waals surface area contributed by atoms with Gasteiger partial charge in [-0.25, -0.2) is 0 Å². The van der Waals surface area contributed by atoms with E-state index in [9.17, 15) is 4.79 Å². The van der Waals surface area contributed by atoms with Gasteiger partial charge in [0, 0.05) is 44.6 Å². The second kappa shape index (κ2) is 7.68. The van der Waals surface area contributed by atoms with Crippen molar-refractivity contribution in [3.05, 3.63) is 33.8 Å². The Morgan fingerprint density at radius 1 is 1.32 bits per heavy atom. The molecule has 0 radical (unpaired) electrons. The van der Waals surface area contributed by atoms with Crippen LogP contribution < -0.4 is 5.32 Å². The summed E-state index contributed by atoms with van der Waals surface area (Å²) >= 11 is 1.81. The molecule has 0 aromatic carbocycles. The molecule has 1 atom stereocenters. The van der Waals surface area contributed by atoms with Gasteiger partial charge >= 0.3 is 0 Å². The van der Waals surface area contributed by atoms with E-state index in [1.54, 1.807) is 4.68 Å². The maximum atomic E-state index is 12.7. The van der Waals surface area contributed by atoms with Gasteiger partial charge in [0.05, 0.1) is 23.1 Å². The fraction of sp³-hybridized carbons (Fsp3) is 0.556. The molecule has 1 aliphatic rings. The van der Waals surface area contributed by atoms with Crippen LogP contribution in [0, 0.1) is 13.8 Å². The number of piperazine rings is 1. The summed E-state index contributed by atoms with van der Waals surface area (Å²) in [5.74, 6) is 0.0471. The van der Waals surface area contributed by atoms with E-state index in [-0.39, 0.29) is 11.9 Å². The zero-order valence-electron chi connectivity index (χ0n) is 15.5. The van der Waals surface area contributed by atoms with Crippen LogP contribution in [0.15, 0.2) is 17.5 Å². The molecule has 1 N–H and O–H groups in total.